The standard InChI is InChI=1S/C9H12O8/c1-4(10)2-5(7(13)14)9(17,8(15)16)3-6(11)12/h5,17H,2-3H2,1H3,(H,11,12)(H,13,14)(H,15,16). The molecule has 0 saturated heterocycles. The molecule has 17 heavy (non-hydrogen) atoms. The van der Waals surface area contributed by atoms with Gasteiger partial charge in [-0.25, -0.2) is 4.79 Å². The third kappa shape index (κ3) is 3.83. The van der Waals surface area contributed by atoms with Crippen LogP contribution in [0.5, 0.6) is 0 Å². The van der Waals surface area contributed by atoms with Crippen LogP contribution in [0.3, 0.4) is 0 Å². The van der Waals surface area contributed by atoms with Crippen molar-refractivity contribution in [3.8, 4) is 0 Å². The van der Waals surface area contributed by atoms with Crippen molar-refractivity contribution in [1.82, 2.24) is 0 Å². The smallest absolute Gasteiger partial charge is 0.337 e. The SMILES string of the molecule is CC(=O)CC(C(=O)O)C(O)(CC(=O)O)C(=O)O. The van der Waals surface area contributed by atoms with Crippen LogP contribution in [-0.4, -0.2) is 49.7 Å². The van der Waals surface area contributed by atoms with Gasteiger partial charge in [-0.05, 0) is 6.92 Å². The highest BCUT2D eigenvalue weighted by Gasteiger charge is 2.50. The van der Waals surface area contributed by atoms with E-state index in [9.17, 15) is 24.3 Å². The van der Waals surface area contributed by atoms with E-state index in [-0.39, 0.29) is 0 Å². The van der Waals surface area contributed by atoms with E-state index in [1.54, 1.807) is 0 Å². The van der Waals surface area contributed by atoms with E-state index < -0.39 is 48.1 Å². The number of aliphatic hydroxyl groups is 1. The Morgan fingerprint density at radius 3 is 1.82 bits per heavy atom. The molecule has 0 radical (unpaired) electrons. The van der Waals surface area contributed by atoms with Gasteiger partial charge in [0.25, 0.3) is 0 Å². The van der Waals surface area contributed by atoms with Gasteiger partial charge >= 0.3 is 17.9 Å². The molecule has 8 nitrogen and oxygen atoms in total. The van der Waals surface area contributed by atoms with Gasteiger partial charge in [-0.2, -0.15) is 0 Å². The second kappa shape index (κ2) is 5.39. The van der Waals surface area contributed by atoms with Crippen LogP contribution in [0.25, 0.3) is 0 Å². The number of Topliss-reactive ketones (excluding diaryl/α,β-unsaturated/α-hetero) is 1. The lowest BCUT2D eigenvalue weighted by atomic mass is 9.81. The van der Waals surface area contributed by atoms with Crippen LogP contribution >= 0.6 is 0 Å². The zero-order valence-corrected chi connectivity index (χ0v) is 8.91. The molecule has 0 fully saturated rings. The number of ketones is 1. The molecule has 0 aromatic heterocycles. The maximum absolute atomic E-state index is 10.8. The summed E-state index contributed by atoms with van der Waals surface area (Å²) in [6, 6.07) is 0. The van der Waals surface area contributed by atoms with Crippen LogP contribution in [-0.2, 0) is 19.2 Å². The predicted molar refractivity (Wildman–Crippen MR) is 51.3 cm³/mol. The number of carboxylic acids is 3. The van der Waals surface area contributed by atoms with E-state index in [1.165, 1.54) is 0 Å². The Labute approximate surface area is 95.5 Å². The zero-order chi connectivity index (χ0) is 13.8. The third-order valence-electron chi connectivity index (χ3n) is 2.16. The molecule has 96 valence electrons. The molecule has 0 bridgehead atoms. The minimum absolute atomic E-state index is 0.664. The lowest BCUT2D eigenvalue weighted by Crippen LogP contribution is -2.51. The molecular formula is C9H12O8. The molecule has 0 amide bonds. The summed E-state index contributed by atoms with van der Waals surface area (Å²) in [5.41, 5.74) is -3.01. The highest BCUT2D eigenvalue weighted by atomic mass is 16.4. The van der Waals surface area contributed by atoms with E-state index in [0.717, 1.165) is 6.92 Å². The number of rotatable bonds is 7. The van der Waals surface area contributed by atoms with Crippen molar-refractivity contribution in [3.63, 3.8) is 0 Å². The van der Waals surface area contributed by atoms with E-state index in [0.29, 0.717) is 0 Å². The number of carboxylic acid groups (broad SMARTS) is 3. The number of carbonyl (C=O) groups is 4. The van der Waals surface area contributed by atoms with Gasteiger partial charge in [0.1, 0.15) is 11.7 Å². The first-order chi connectivity index (χ1) is 7.61. The summed E-state index contributed by atoms with van der Waals surface area (Å²) in [5.74, 6) is -8.08. The summed E-state index contributed by atoms with van der Waals surface area (Å²) in [6.07, 6.45) is -2.06. The maximum Gasteiger partial charge on any atom is 0.337 e. The number of hydrogen-bond donors (Lipinski definition) is 4. The van der Waals surface area contributed by atoms with Gasteiger partial charge in [-0.15, -0.1) is 0 Å². The number of aliphatic carboxylic acids is 3. The van der Waals surface area contributed by atoms with E-state index >= 15 is 0 Å². The molecule has 0 aromatic carbocycles. The van der Waals surface area contributed by atoms with Crippen LogP contribution in [0.1, 0.15) is 19.8 Å². The van der Waals surface area contributed by atoms with Crippen molar-refractivity contribution in [2.24, 2.45) is 5.92 Å². The van der Waals surface area contributed by atoms with Gasteiger partial charge in [0, 0.05) is 6.42 Å². The second-order valence-electron chi connectivity index (χ2n) is 3.60. The molecule has 0 aliphatic rings. The summed E-state index contributed by atoms with van der Waals surface area (Å²) in [6.45, 7) is 1.01. The molecule has 0 saturated carbocycles. The van der Waals surface area contributed by atoms with Gasteiger partial charge < -0.3 is 20.4 Å². The van der Waals surface area contributed by atoms with E-state index in [4.69, 9.17) is 15.3 Å². The van der Waals surface area contributed by atoms with Crippen molar-refractivity contribution in [2.75, 3.05) is 0 Å². The normalized spacial score (nSPS) is 15.6. The molecule has 2 atom stereocenters. The first-order valence-corrected chi connectivity index (χ1v) is 4.51. The molecule has 4 N–H and O–H groups in total. The summed E-state index contributed by atoms with van der Waals surface area (Å²) >= 11 is 0. The lowest BCUT2D eigenvalue weighted by molar-refractivity contribution is -0.180. The van der Waals surface area contributed by atoms with E-state index in [1.807, 2.05) is 0 Å². The molecule has 8 heteroatoms. The predicted octanol–water partition coefficient (Wildman–Crippen LogP) is -1.04. The Kier molecular flexibility index (Phi) is 4.77. The summed E-state index contributed by atoms with van der Waals surface area (Å²) in [5, 5.41) is 35.6. The average Bonchev–Trinajstić information content (AvgIpc) is 2.11. The molecular weight excluding hydrogens is 236 g/mol. The Morgan fingerprint density at radius 1 is 1.12 bits per heavy atom. The quantitative estimate of drug-likeness (QED) is 0.446. The molecule has 0 heterocycles. The molecule has 0 spiro atoms. The maximum atomic E-state index is 10.8. The van der Waals surface area contributed by atoms with Crippen LogP contribution in [0.2, 0.25) is 0 Å². The highest BCUT2D eigenvalue weighted by Crippen LogP contribution is 2.26. The fourth-order valence-electron chi connectivity index (χ4n) is 1.33. The minimum Gasteiger partial charge on any atom is -0.481 e. The number of hydrogen-bond acceptors (Lipinski definition) is 5. The molecule has 2 unspecified atom stereocenters. The van der Waals surface area contributed by atoms with Crippen molar-refractivity contribution in [3.05, 3.63) is 0 Å². The number of carbonyl (C=O) groups excluding carboxylic acids is 1. The fourth-order valence-corrected chi connectivity index (χ4v) is 1.33. The lowest BCUT2D eigenvalue weighted by Gasteiger charge is -2.27. The minimum atomic E-state index is -3.01. The second-order valence-corrected chi connectivity index (χ2v) is 3.60. The van der Waals surface area contributed by atoms with E-state index in [2.05, 4.69) is 0 Å². The van der Waals surface area contributed by atoms with Gasteiger partial charge in [0.2, 0.25) is 0 Å². The van der Waals surface area contributed by atoms with Crippen molar-refractivity contribution in [1.29, 1.82) is 0 Å². The molecule has 0 aromatic rings. The Hall–Kier alpha value is -1.96. The largest absolute Gasteiger partial charge is 0.481 e. The summed E-state index contributed by atoms with van der Waals surface area (Å²) in [4.78, 5) is 42.8. The first kappa shape index (κ1) is 15.0. The monoisotopic (exact) mass is 248 g/mol. The van der Waals surface area contributed by atoms with Crippen molar-refractivity contribution < 1.29 is 39.6 Å². The Bertz CT molecular complexity index is 360. The summed E-state index contributed by atoms with van der Waals surface area (Å²) < 4.78 is 0. The van der Waals surface area contributed by atoms with Gasteiger partial charge in [0.15, 0.2) is 5.60 Å². The van der Waals surface area contributed by atoms with Gasteiger partial charge in [-0.1, -0.05) is 0 Å². The van der Waals surface area contributed by atoms with Crippen LogP contribution in [0.15, 0.2) is 0 Å². The molecule has 0 aliphatic carbocycles. The molecule has 0 rings (SSSR count). The molecule has 0 aliphatic heterocycles. The summed E-state index contributed by atoms with van der Waals surface area (Å²) in [7, 11) is 0. The average molecular weight is 248 g/mol. The van der Waals surface area contributed by atoms with Crippen LogP contribution in [0, 0.1) is 5.92 Å². The highest BCUT2D eigenvalue weighted by molar-refractivity contribution is 5.92. The first-order valence-electron chi connectivity index (χ1n) is 4.51. The Morgan fingerprint density at radius 2 is 1.59 bits per heavy atom. The fraction of sp³-hybridized carbons (Fsp3) is 0.556. The van der Waals surface area contributed by atoms with Crippen LogP contribution < -0.4 is 0 Å². The van der Waals surface area contributed by atoms with Gasteiger partial charge in [-0.3, -0.25) is 14.4 Å². The van der Waals surface area contributed by atoms with Gasteiger partial charge in [0.05, 0.1) is 6.42 Å². The van der Waals surface area contributed by atoms with Crippen LogP contribution in [0.4, 0.5) is 0 Å². The van der Waals surface area contributed by atoms with Crippen molar-refractivity contribution >= 4 is 23.7 Å². The van der Waals surface area contributed by atoms with Crippen molar-refractivity contribution in [2.45, 2.75) is 25.4 Å². The third-order valence-corrected chi connectivity index (χ3v) is 2.16. The topological polar surface area (TPSA) is 149 Å². The zero-order valence-electron chi connectivity index (χ0n) is 8.91. The Balaban J connectivity index is 5.36.